The van der Waals surface area contributed by atoms with E-state index in [0.717, 1.165) is 29.0 Å². The minimum Gasteiger partial charge on any atom is -0.494 e. The van der Waals surface area contributed by atoms with E-state index in [1.54, 1.807) is 12.3 Å². The molecular weight excluding hydrogens is 436 g/mol. The molecule has 0 saturated carbocycles. The van der Waals surface area contributed by atoms with Gasteiger partial charge in [-0.05, 0) is 37.1 Å². The van der Waals surface area contributed by atoms with Gasteiger partial charge in [0.05, 0.1) is 13.2 Å². The molecule has 1 saturated heterocycles. The Kier molecular flexibility index (Phi) is 6.54. The molecule has 0 aliphatic carbocycles. The number of ether oxygens (including phenoxy) is 1. The molecule has 1 atom stereocenters. The fourth-order valence-corrected chi connectivity index (χ4v) is 4.07. The average Bonchev–Trinajstić information content (AvgIpc) is 3.28. The summed E-state index contributed by atoms with van der Waals surface area (Å²) in [6, 6.07) is 8.47. The third-order valence-electron chi connectivity index (χ3n) is 5.94. The lowest BCUT2D eigenvalue weighted by atomic mass is 9.94. The molecule has 1 fully saturated rings. The van der Waals surface area contributed by atoms with Crippen molar-refractivity contribution in [3.05, 3.63) is 64.8 Å². The van der Waals surface area contributed by atoms with Gasteiger partial charge in [0.25, 0.3) is 5.91 Å². The number of hydrogen-bond acceptors (Lipinski definition) is 6. The van der Waals surface area contributed by atoms with Gasteiger partial charge in [-0.2, -0.15) is 0 Å². The number of nitrogens with one attached hydrogen (secondary N) is 2. The maximum atomic E-state index is 13.1. The number of amides is 4. The maximum Gasteiger partial charge on any atom is 0.322 e. The van der Waals surface area contributed by atoms with E-state index in [0.29, 0.717) is 18.8 Å². The van der Waals surface area contributed by atoms with E-state index in [9.17, 15) is 14.4 Å². The van der Waals surface area contributed by atoms with Crippen molar-refractivity contribution in [2.24, 2.45) is 4.99 Å². The van der Waals surface area contributed by atoms with E-state index in [1.807, 2.05) is 44.2 Å². The van der Waals surface area contributed by atoms with Crippen LogP contribution < -0.4 is 15.4 Å². The largest absolute Gasteiger partial charge is 0.494 e. The van der Waals surface area contributed by atoms with Crippen molar-refractivity contribution >= 4 is 24.1 Å². The van der Waals surface area contributed by atoms with Crippen molar-refractivity contribution in [1.29, 1.82) is 0 Å². The fraction of sp³-hybridized carbons (Fsp3) is 0.360. The Morgan fingerprint density at radius 3 is 2.62 bits per heavy atom. The summed E-state index contributed by atoms with van der Waals surface area (Å²) in [4.78, 5) is 43.8. The smallest absolute Gasteiger partial charge is 0.322 e. The van der Waals surface area contributed by atoms with Crippen LogP contribution in [0, 0.1) is 0 Å². The van der Waals surface area contributed by atoms with Crippen LogP contribution >= 0.6 is 0 Å². The van der Waals surface area contributed by atoms with E-state index in [-0.39, 0.29) is 24.8 Å². The third-order valence-corrected chi connectivity index (χ3v) is 5.94. The van der Waals surface area contributed by atoms with Crippen molar-refractivity contribution in [2.45, 2.75) is 45.7 Å². The van der Waals surface area contributed by atoms with Crippen LogP contribution in [0.1, 0.15) is 49.8 Å². The van der Waals surface area contributed by atoms with E-state index in [4.69, 9.17) is 9.15 Å². The predicted molar refractivity (Wildman–Crippen MR) is 125 cm³/mol. The molecule has 34 heavy (non-hydrogen) atoms. The first-order chi connectivity index (χ1) is 16.3. The second-order valence-corrected chi connectivity index (χ2v) is 8.27. The number of furan rings is 1. The van der Waals surface area contributed by atoms with Crippen LogP contribution in [0.15, 0.2) is 51.5 Å². The first-order valence-corrected chi connectivity index (χ1v) is 11.3. The summed E-state index contributed by atoms with van der Waals surface area (Å²) in [5.74, 6) is 0.835. The molecule has 2 N–H and O–H groups in total. The minimum absolute atomic E-state index is 0.0906. The van der Waals surface area contributed by atoms with Crippen LogP contribution in [-0.4, -0.2) is 42.1 Å². The quantitative estimate of drug-likeness (QED) is 0.583. The number of imide groups is 1. The number of nitrogens with zero attached hydrogens (tertiary/aromatic N) is 2. The number of fused-ring (bicyclic) bond motifs is 1. The molecule has 9 heteroatoms. The zero-order valence-corrected chi connectivity index (χ0v) is 19.5. The highest BCUT2D eigenvalue weighted by Crippen LogP contribution is 2.32. The number of carbonyl (C=O) groups excluding carboxylic acids is 3. The maximum absolute atomic E-state index is 13.1. The summed E-state index contributed by atoms with van der Waals surface area (Å²) in [6.45, 7) is 6.08. The first-order valence-electron chi connectivity index (χ1n) is 11.3. The van der Waals surface area contributed by atoms with Crippen molar-refractivity contribution in [2.75, 3.05) is 13.2 Å². The normalized spacial score (nSPS) is 19.1. The Hall–Kier alpha value is -3.88. The van der Waals surface area contributed by atoms with Gasteiger partial charge in [-0.1, -0.05) is 25.1 Å². The molecule has 0 unspecified atom stereocenters. The minimum atomic E-state index is -1.55. The zero-order chi connectivity index (χ0) is 24.3. The molecule has 178 valence electrons. The molecule has 4 rings (SSSR count). The summed E-state index contributed by atoms with van der Waals surface area (Å²) in [7, 11) is 0. The molecule has 0 radical (unpaired) electrons. The van der Waals surface area contributed by atoms with Crippen molar-refractivity contribution in [3.8, 4) is 5.75 Å². The second-order valence-electron chi connectivity index (χ2n) is 8.27. The number of rotatable bonds is 8. The van der Waals surface area contributed by atoms with Gasteiger partial charge in [0.15, 0.2) is 5.54 Å². The molecule has 1 aromatic carbocycles. The molecule has 0 bridgehead atoms. The van der Waals surface area contributed by atoms with Crippen LogP contribution in [0.2, 0.25) is 0 Å². The number of hydrogen-bond donors (Lipinski definition) is 2. The highest BCUT2D eigenvalue weighted by molar-refractivity contribution is 6.07. The van der Waals surface area contributed by atoms with Crippen molar-refractivity contribution in [1.82, 2.24) is 15.5 Å². The standard InChI is InChI=1S/C25H28N4O5/c1-4-19-8-11-21-18(13-26-19)12-22(34-21)25(23(31)27-24(32)28-25)15-29(16(3)30)14-17-6-9-20(10-7-17)33-5-2/h6-10,12-13H,4-5,11,14-15H2,1-3H3,(H2,27,28,31,32)/t25-/m0/s1. The van der Waals surface area contributed by atoms with Crippen molar-refractivity contribution < 1.29 is 23.5 Å². The highest BCUT2D eigenvalue weighted by Gasteiger charge is 2.52. The summed E-state index contributed by atoms with van der Waals surface area (Å²) in [5.41, 5.74) is 1.00. The molecule has 1 aromatic heterocycles. The summed E-state index contributed by atoms with van der Waals surface area (Å²) in [6.07, 6.45) is 5.00. The molecule has 2 aliphatic rings. The van der Waals surface area contributed by atoms with E-state index >= 15 is 0 Å². The van der Waals surface area contributed by atoms with Gasteiger partial charge in [-0.3, -0.25) is 19.9 Å². The topological polar surface area (TPSA) is 113 Å². The van der Waals surface area contributed by atoms with Crippen LogP contribution in [0.3, 0.4) is 0 Å². The second kappa shape index (κ2) is 9.54. The highest BCUT2D eigenvalue weighted by atomic mass is 16.5. The lowest BCUT2D eigenvalue weighted by Crippen LogP contribution is -2.53. The number of urea groups is 1. The van der Waals surface area contributed by atoms with Gasteiger partial charge < -0.3 is 19.4 Å². The Morgan fingerprint density at radius 2 is 2.00 bits per heavy atom. The lowest BCUT2D eigenvalue weighted by molar-refractivity contribution is -0.133. The molecule has 9 nitrogen and oxygen atoms in total. The number of benzene rings is 1. The molecule has 0 spiro atoms. The first kappa shape index (κ1) is 23.3. The summed E-state index contributed by atoms with van der Waals surface area (Å²) >= 11 is 0. The third kappa shape index (κ3) is 4.59. The average molecular weight is 465 g/mol. The van der Waals surface area contributed by atoms with Gasteiger partial charge >= 0.3 is 6.03 Å². The van der Waals surface area contributed by atoms with Gasteiger partial charge in [-0.15, -0.1) is 0 Å². The summed E-state index contributed by atoms with van der Waals surface area (Å²) < 4.78 is 11.6. The SMILES string of the molecule is CCOc1ccc(CN(C[C@@]2(c3cc4c(o3)CC=C(CC)N=C4)NC(=O)NC2=O)C(C)=O)cc1. The molecular formula is C25H28N4O5. The Labute approximate surface area is 197 Å². The Morgan fingerprint density at radius 1 is 1.24 bits per heavy atom. The Bertz CT molecular complexity index is 1160. The Balaban J connectivity index is 1.64. The van der Waals surface area contributed by atoms with Crippen LogP contribution in [0.5, 0.6) is 5.75 Å². The lowest BCUT2D eigenvalue weighted by Gasteiger charge is -2.31. The zero-order valence-electron chi connectivity index (χ0n) is 19.5. The molecule has 2 aliphatic heterocycles. The number of carbonyl (C=O) groups is 3. The van der Waals surface area contributed by atoms with Crippen LogP contribution in [-0.2, 0) is 28.1 Å². The van der Waals surface area contributed by atoms with E-state index in [1.165, 1.54) is 11.8 Å². The van der Waals surface area contributed by atoms with Gasteiger partial charge in [-0.25, -0.2) is 4.79 Å². The van der Waals surface area contributed by atoms with Crippen LogP contribution in [0.25, 0.3) is 0 Å². The van der Waals surface area contributed by atoms with E-state index < -0.39 is 17.5 Å². The molecule has 3 heterocycles. The molecule has 2 aromatic rings. The van der Waals surface area contributed by atoms with Crippen LogP contribution in [0.4, 0.5) is 4.79 Å². The molecule has 4 amide bonds. The van der Waals surface area contributed by atoms with Gasteiger partial charge in [0.2, 0.25) is 5.91 Å². The fourth-order valence-electron chi connectivity index (χ4n) is 4.07. The van der Waals surface area contributed by atoms with E-state index in [2.05, 4.69) is 15.6 Å². The summed E-state index contributed by atoms with van der Waals surface area (Å²) in [5, 5.41) is 5.00. The number of allylic oxidation sites excluding steroid dienone is 2. The van der Waals surface area contributed by atoms with Crippen molar-refractivity contribution in [3.63, 3.8) is 0 Å². The van der Waals surface area contributed by atoms with Gasteiger partial charge in [0, 0.05) is 37.4 Å². The monoisotopic (exact) mass is 464 g/mol. The van der Waals surface area contributed by atoms with Gasteiger partial charge in [0.1, 0.15) is 17.3 Å². The number of aliphatic imine (C=N–C) groups is 1. The predicted octanol–water partition coefficient (Wildman–Crippen LogP) is 3.03.